The van der Waals surface area contributed by atoms with Crippen molar-refractivity contribution in [3.05, 3.63) is 81.6 Å². The molecular weight excluding hydrogens is 600 g/mol. The van der Waals surface area contributed by atoms with Crippen LogP contribution in [-0.2, 0) is 20.0 Å². The fourth-order valence-electron chi connectivity index (χ4n) is 6.48. The van der Waals surface area contributed by atoms with Crippen molar-refractivity contribution in [2.45, 2.75) is 55.5 Å². The van der Waals surface area contributed by atoms with Gasteiger partial charge in [-0.25, -0.2) is 12.8 Å². The maximum Gasteiger partial charge on any atom is 0.242 e. The van der Waals surface area contributed by atoms with E-state index in [1.165, 1.54) is 31.4 Å². The highest BCUT2D eigenvalue weighted by atomic mass is 35.5. The Morgan fingerprint density at radius 1 is 1.14 bits per heavy atom. The lowest BCUT2D eigenvalue weighted by molar-refractivity contribution is -0.118. The standard InChI is InChI=1S/C31H34Cl2FN3O4S/c1-30(2,3)15-25-31(16-35-23-13-17(32)9-11-20(23)31)26(19-7-6-8-21(33)27(19)34)28(37-25)29(38)36-22-12-10-18(42(5,39)40)14-24(22)41-4/h6-14,25-26,28,35,37H,15-16H2,1-5H3,(H,36,38)/t25-,26-,28+,31-/m0/s1. The van der Waals surface area contributed by atoms with Crippen LogP contribution in [0.1, 0.15) is 44.2 Å². The molecule has 2 aliphatic rings. The molecule has 4 atom stereocenters. The van der Waals surface area contributed by atoms with Crippen LogP contribution in [0.4, 0.5) is 15.8 Å². The van der Waals surface area contributed by atoms with Crippen molar-refractivity contribution in [2.75, 3.05) is 30.5 Å². The summed E-state index contributed by atoms with van der Waals surface area (Å²) in [6.45, 7) is 6.83. The third kappa shape index (κ3) is 5.48. The van der Waals surface area contributed by atoms with Crippen LogP contribution in [0.3, 0.4) is 0 Å². The maximum absolute atomic E-state index is 15.9. The molecule has 1 amide bonds. The van der Waals surface area contributed by atoms with E-state index in [0.29, 0.717) is 29.2 Å². The second-order valence-electron chi connectivity index (χ2n) is 12.3. The number of ether oxygens (including phenoxy) is 1. The summed E-state index contributed by atoms with van der Waals surface area (Å²) in [7, 11) is -2.10. The lowest BCUT2D eigenvalue weighted by Gasteiger charge is -2.39. The van der Waals surface area contributed by atoms with Crippen LogP contribution in [0.15, 0.2) is 59.5 Å². The number of carbonyl (C=O) groups is 1. The van der Waals surface area contributed by atoms with Crippen molar-refractivity contribution >= 4 is 50.3 Å². The van der Waals surface area contributed by atoms with Crippen molar-refractivity contribution in [1.29, 1.82) is 0 Å². The Labute approximate surface area is 256 Å². The van der Waals surface area contributed by atoms with Gasteiger partial charge in [-0.1, -0.05) is 62.2 Å². The quantitative estimate of drug-likeness (QED) is 0.290. The molecule has 0 unspecified atom stereocenters. The first-order valence-corrected chi connectivity index (χ1v) is 16.2. The molecule has 0 saturated carbocycles. The van der Waals surface area contributed by atoms with Crippen molar-refractivity contribution < 1.29 is 22.3 Å². The van der Waals surface area contributed by atoms with Crippen molar-refractivity contribution in [2.24, 2.45) is 5.41 Å². The van der Waals surface area contributed by atoms with Gasteiger partial charge in [-0.05, 0) is 53.3 Å². The predicted molar refractivity (Wildman–Crippen MR) is 165 cm³/mol. The predicted octanol–water partition coefficient (Wildman–Crippen LogP) is 6.41. The highest BCUT2D eigenvalue weighted by Crippen LogP contribution is 2.56. The van der Waals surface area contributed by atoms with Crippen LogP contribution in [-0.4, -0.2) is 46.3 Å². The number of carbonyl (C=O) groups excluding carboxylic acids is 1. The number of amides is 1. The molecule has 11 heteroatoms. The molecule has 3 aromatic carbocycles. The number of rotatable bonds is 6. The van der Waals surface area contributed by atoms with E-state index in [1.807, 2.05) is 18.2 Å². The smallest absolute Gasteiger partial charge is 0.242 e. The molecule has 0 aromatic heterocycles. The zero-order valence-corrected chi connectivity index (χ0v) is 26.3. The molecule has 2 heterocycles. The normalized spacial score (nSPS) is 23.5. The van der Waals surface area contributed by atoms with Gasteiger partial charge in [0.25, 0.3) is 0 Å². The molecule has 224 valence electrons. The SMILES string of the molecule is COc1cc(S(C)(=O)=O)ccc1NC(=O)[C@@H]1N[C@@H](CC(C)(C)C)[C@@]2(CNc3cc(Cl)ccc32)[C@H]1c1cccc(Cl)c1F. The summed E-state index contributed by atoms with van der Waals surface area (Å²) in [4.78, 5) is 14.3. The highest BCUT2D eigenvalue weighted by molar-refractivity contribution is 7.90. The molecule has 1 fully saturated rings. The molecule has 0 aliphatic carbocycles. The minimum absolute atomic E-state index is 0.0265. The van der Waals surface area contributed by atoms with Crippen LogP contribution in [0, 0.1) is 11.2 Å². The number of methoxy groups -OCH3 is 1. The largest absolute Gasteiger partial charge is 0.495 e. The highest BCUT2D eigenvalue weighted by Gasteiger charge is 2.61. The Balaban J connectivity index is 1.66. The van der Waals surface area contributed by atoms with E-state index in [-0.39, 0.29) is 27.1 Å². The van der Waals surface area contributed by atoms with Crippen molar-refractivity contribution in [1.82, 2.24) is 5.32 Å². The van der Waals surface area contributed by atoms with Gasteiger partial charge in [0.05, 0.1) is 28.8 Å². The first-order valence-electron chi connectivity index (χ1n) is 13.6. The van der Waals surface area contributed by atoms with E-state index >= 15 is 4.39 Å². The van der Waals surface area contributed by atoms with Gasteiger partial charge in [-0.15, -0.1) is 0 Å². The van der Waals surface area contributed by atoms with E-state index in [0.717, 1.165) is 17.5 Å². The minimum Gasteiger partial charge on any atom is -0.495 e. The van der Waals surface area contributed by atoms with Gasteiger partial charge in [-0.2, -0.15) is 0 Å². The first-order chi connectivity index (χ1) is 19.7. The second-order valence-corrected chi connectivity index (χ2v) is 15.1. The summed E-state index contributed by atoms with van der Waals surface area (Å²) in [5.41, 5.74) is 1.55. The number of benzene rings is 3. The molecule has 1 spiro atoms. The van der Waals surface area contributed by atoms with Crippen LogP contribution in [0.5, 0.6) is 5.75 Å². The Kier molecular flexibility index (Phi) is 8.02. The molecule has 5 rings (SSSR count). The fourth-order valence-corrected chi connectivity index (χ4v) is 7.47. The van der Waals surface area contributed by atoms with Gasteiger partial charge in [0.2, 0.25) is 5.91 Å². The van der Waals surface area contributed by atoms with E-state index in [1.54, 1.807) is 12.1 Å². The summed E-state index contributed by atoms with van der Waals surface area (Å²) in [6, 6.07) is 13.7. The summed E-state index contributed by atoms with van der Waals surface area (Å²) in [5, 5.41) is 10.5. The molecule has 42 heavy (non-hydrogen) atoms. The molecule has 3 aromatic rings. The number of anilines is 2. The number of hydrogen-bond donors (Lipinski definition) is 3. The van der Waals surface area contributed by atoms with Crippen LogP contribution in [0.2, 0.25) is 10.0 Å². The Morgan fingerprint density at radius 3 is 2.55 bits per heavy atom. The van der Waals surface area contributed by atoms with Gasteiger partial charge < -0.3 is 20.7 Å². The summed E-state index contributed by atoms with van der Waals surface area (Å²) in [5.74, 6) is -1.46. The van der Waals surface area contributed by atoms with Crippen molar-refractivity contribution in [3.63, 3.8) is 0 Å². The zero-order chi connectivity index (χ0) is 30.6. The molecule has 1 saturated heterocycles. The number of hydrogen-bond acceptors (Lipinski definition) is 6. The van der Waals surface area contributed by atoms with Gasteiger partial charge in [0.15, 0.2) is 9.84 Å². The van der Waals surface area contributed by atoms with Crippen LogP contribution >= 0.6 is 23.2 Å². The monoisotopic (exact) mass is 633 g/mol. The summed E-state index contributed by atoms with van der Waals surface area (Å²) in [6.07, 6.45) is 1.79. The van der Waals surface area contributed by atoms with Crippen molar-refractivity contribution in [3.8, 4) is 5.75 Å². The third-order valence-corrected chi connectivity index (χ3v) is 9.86. The van der Waals surface area contributed by atoms with E-state index in [9.17, 15) is 13.2 Å². The number of halogens is 3. The summed E-state index contributed by atoms with van der Waals surface area (Å²) >= 11 is 12.7. The average molecular weight is 635 g/mol. The number of sulfone groups is 1. The fraction of sp³-hybridized carbons (Fsp3) is 0.387. The Hall–Kier alpha value is -2.85. The maximum atomic E-state index is 15.9. The lowest BCUT2D eigenvalue weighted by atomic mass is 9.63. The average Bonchev–Trinajstić information content (AvgIpc) is 3.42. The number of nitrogens with one attached hydrogen (secondary N) is 3. The van der Waals surface area contributed by atoms with Gasteiger partial charge in [-0.3, -0.25) is 4.79 Å². The third-order valence-electron chi connectivity index (χ3n) is 8.22. The molecule has 0 radical (unpaired) electrons. The zero-order valence-electron chi connectivity index (χ0n) is 24.0. The van der Waals surface area contributed by atoms with Crippen LogP contribution < -0.4 is 20.7 Å². The van der Waals surface area contributed by atoms with E-state index in [4.69, 9.17) is 27.9 Å². The molecular formula is C31H34Cl2FN3O4S. The first kappa shape index (κ1) is 30.6. The minimum atomic E-state index is -3.50. The van der Waals surface area contributed by atoms with Gasteiger partial charge in [0.1, 0.15) is 11.6 Å². The lowest BCUT2D eigenvalue weighted by Crippen LogP contribution is -2.46. The molecule has 7 nitrogen and oxygen atoms in total. The Morgan fingerprint density at radius 2 is 1.88 bits per heavy atom. The van der Waals surface area contributed by atoms with E-state index < -0.39 is 38.9 Å². The van der Waals surface area contributed by atoms with Gasteiger partial charge >= 0.3 is 0 Å². The Bertz CT molecular complexity index is 1660. The topological polar surface area (TPSA) is 96.5 Å². The molecule has 3 N–H and O–H groups in total. The number of fused-ring (bicyclic) bond motifs is 2. The van der Waals surface area contributed by atoms with E-state index in [2.05, 4.69) is 36.7 Å². The summed E-state index contributed by atoms with van der Waals surface area (Å²) < 4.78 is 45.6. The van der Waals surface area contributed by atoms with Gasteiger partial charge in [0, 0.05) is 47.0 Å². The molecule has 0 bridgehead atoms. The molecule has 2 aliphatic heterocycles. The van der Waals surface area contributed by atoms with Crippen LogP contribution in [0.25, 0.3) is 0 Å². The second kappa shape index (κ2) is 11.0.